The molecule has 0 bridgehead atoms. The maximum absolute atomic E-state index is 11.6. The fourth-order valence-electron chi connectivity index (χ4n) is 1.67. The molecule has 1 aromatic heterocycles. The number of Topliss-reactive ketones (excluding diaryl/α,β-unsaturated/α-hetero) is 1. The number of carbonyl (C=O) groups is 2. The quantitative estimate of drug-likeness (QED) is 0.562. The van der Waals surface area contributed by atoms with Gasteiger partial charge in [0, 0.05) is 20.2 Å². The summed E-state index contributed by atoms with van der Waals surface area (Å²) in [5.41, 5.74) is 1.55. The Labute approximate surface area is 88.8 Å². The molecule has 0 radical (unpaired) electrons. The lowest BCUT2D eigenvalue weighted by atomic mass is 10.1. The van der Waals surface area contributed by atoms with E-state index in [-0.39, 0.29) is 5.78 Å². The minimum absolute atomic E-state index is 0.131. The second-order valence-corrected chi connectivity index (χ2v) is 3.42. The van der Waals surface area contributed by atoms with Crippen LogP contribution in [0, 0.1) is 6.92 Å². The molecule has 0 spiro atoms. The summed E-state index contributed by atoms with van der Waals surface area (Å²) in [5.74, 6) is -0.561. The van der Waals surface area contributed by atoms with Gasteiger partial charge < -0.3 is 9.30 Å². The van der Waals surface area contributed by atoms with E-state index < -0.39 is 5.97 Å². The van der Waals surface area contributed by atoms with E-state index in [9.17, 15) is 9.59 Å². The van der Waals surface area contributed by atoms with Crippen LogP contribution in [0.5, 0.6) is 0 Å². The molecule has 0 amide bonds. The van der Waals surface area contributed by atoms with Crippen molar-refractivity contribution in [1.82, 2.24) is 4.57 Å². The Morgan fingerprint density at radius 2 is 2.07 bits per heavy atom. The number of ether oxygens (including phenoxy) is 1. The number of esters is 1. The number of hydrogen-bond acceptors (Lipinski definition) is 3. The zero-order valence-electron chi connectivity index (χ0n) is 9.46. The van der Waals surface area contributed by atoms with Crippen LogP contribution in [0.25, 0.3) is 0 Å². The van der Waals surface area contributed by atoms with E-state index in [2.05, 4.69) is 0 Å². The molecule has 0 fully saturated rings. The molecule has 1 rings (SSSR count). The van der Waals surface area contributed by atoms with Gasteiger partial charge in [-0.25, -0.2) is 4.79 Å². The number of rotatable bonds is 3. The molecular formula is C11H15NO3. The largest absolute Gasteiger partial charge is 0.462 e. The van der Waals surface area contributed by atoms with E-state index in [0.717, 1.165) is 5.56 Å². The summed E-state index contributed by atoms with van der Waals surface area (Å²) in [7, 11) is 1.74. The van der Waals surface area contributed by atoms with Gasteiger partial charge >= 0.3 is 5.97 Å². The number of carbonyl (C=O) groups excluding carboxylic acids is 2. The standard InChI is InChI=1S/C11H15NO3/c1-5-15-11(14)9-7(2)6-12(4)10(9)8(3)13/h6H,5H2,1-4H3. The van der Waals surface area contributed by atoms with E-state index >= 15 is 0 Å². The van der Waals surface area contributed by atoms with Crippen LogP contribution in [-0.4, -0.2) is 22.9 Å². The van der Waals surface area contributed by atoms with Crippen LogP contribution in [0.2, 0.25) is 0 Å². The minimum atomic E-state index is -0.430. The monoisotopic (exact) mass is 209 g/mol. The first kappa shape index (κ1) is 11.5. The Hall–Kier alpha value is -1.58. The van der Waals surface area contributed by atoms with Crippen molar-refractivity contribution < 1.29 is 14.3 Å². The Morgan fingerprint density at radius 1 is 1.47 bits per heavy atom. The van der Waals surface area contributed by atoms with Crippen LogP contribution >= 0.6 is 0 Å². The van der Waals surface area contributed by atoms with Gasteiger partial charge in [-0.2, -0.15) is 0 Å². The maximum atomic E-state index is 11.6. The number of aromatic nitrogens is 1. The van der Waals surface area contributed by atoms with Crippen molar-refractivity contribution in [1.29, 1.82) is 0 Å². The van der Waals surface area contributed by atoms with Gasteiger partial charge in [0.1, 0.15) is 0 Å². The number of aryl methyl sites for hydroxylation is 2. The molecule has 82 valence electrons. The molecule has 0 aromatic carbocycles. The normalized spacial score (nSPS) is 10.1. The highest BCUT2D eigenvalue weighted by molar-refractivity contribution is 6.05. The first-order valence-electron chi connectivity index (χ1n) is 4.83. The van der Waals surface area contributed by atoms with Crippen molar-refractivity contribution in [3.8, 4) is 0 Å². The van der Waals surface area contributed by atoms with Crippen LogP contribution in [0.4, 0.5) is 0 Å². The molecule has 0 N–H and O–H groups in total. The molecule has 0 atom stereocenters. The molecular weight excluding hydrogens is 194 g/mol. The Balaban J connectivity index is 3.26. The second kappa shape index (κ2) is 4.29. The van der Waals surface area contributed by atoms with Crippen molar-refractivity contribution >= 4 is 11.8 Å². The summed E-state index contributed by atoms with van der Waals surface area (Å²) in [4.78, 5) is 23.0. The van der Waals surface area contributed by atoms with Crippen molar-refractivity contribution in [2.75, 3.05) is 6.61 Å². The first-order valence-corrected chi connectivity index (χ1v) is 4.83. The van der Waals surface area contributed by atoms with Crippen LogP contribution in [0.15, 0.2) is 6.20 Å². The Kier molecular flexibility index (Phi) is 3.29. The van der Waals surface area contributed by atoms with Gasteiger partial charge in [0.05, 0.1) is 17.9 Å². The fourth-order valence-corrected chi connectivity index (χ4v) is 1.67. The summed E-state index contributed by atoms with van der Waals surface area (Å²) in [6.07, 6.45) is 1.75. The zero-order valence-corrected chi connectivity index (χ0v) is 9.46. The van der Waals surface area contributed by atoms with E-state index in [1.165, 1.54) is 6.92 Å². The molecule has 0 saturated carbocycles. The number of hydrogen-bond donors (Lipinski definition) is 0. The fraction of sp³-hybridized carbons (Fsp3) is 0.455. The van der Waals surface area contributed by atoms with Crippen molar-refractivity contribution in [2.24, 2.45) is 7.05 Å². The molecule has 0 aliphatic heterocycles. The van der Waals surface area contributed by atoms with Gasteiger partial charge in [0.2, 0.25) is 0 Å². The van der Waals surface area contributed by atoms with Crippen LogP contribution in [-0.2, 0) is 11.8 Å². The summed E-state index contributed by atoms with van der Waals surface area (Å²) in [6.45, 7) is 5.28. The zero-order chi connectivity index (χ0) is 11.6. The van der Waals surface area contributed by atoms with E-state index in [1.54, 1.807) is 31.7 Å². The molecule has 4 nitrogen and oxygen atoms in total. The van der Waals surface area contributed by atoms with Gasteiger partial charge in [-0.05, 0) is 19.4 Å². The van der Waals surface area contributed by atoms with Gasteiger partial charge in [0.15, 0.2) is 5.78 Å². The summed E-state index contributed by atoms with van der Waals surface area (Å²) in [5, 5.41) is 0. The lowest BCUT2D eigenvalue weighted by molar-refractivity contribution is 0.0522. The molecule has 1 heterocycles. The second-order valence-electron chi connectivity index (χ2n) is 3.42. The van der Waals surface area contributed by atoms with Gasteiger partial charge in [-0.3, -0.25) is 4.79 Å². The van der Waals surface area contributed by atoms with Gasteiger partial charge in [0.25, 0.3) is 0 Å². The topological polar surface area (TPSA) is 48.3 Å². The first-order chi connectivity index (χ1) is 6.99. The van der Waals surface area contributed by atoms with Crippen LogP contribution in [0.1, 0.15) is 40.3 Å². The van der Waals surface area contributed by atoms with Crippen molar-refractivity contribution in [2.45, 2.75) is 20.8 Å². The van der Waals surface area contributed by atoms with Crippen molar-refractivity contribution in [3.63, 3.8) is 0 Å². The average molecular weight is 209 g/mol. The van der Waals surface area contributed by atoms with Crippen LogP contribution in [0.3, 0.4) is 0 Å². The SMILES string of the molecule is CCOC(=O)c1c(C)cn(C)c1C(C)=O. The third kappa shape index (κ3) is 2.09. The molecule has 0 unspecified atom stereocenters. The molecule has 0 saturated heterocycles. The smallest absolute Gasteiger partial charge is 0.340 e. The van der Waals surface area contributed by atoms with Gasteiger partial charge in [-0.15, -0.1) is 0 Å². The van der Waals surface area contributed by atoms with Crippen molar-refractivity contribution in [3.05, 3.63) is 23.0 Å². The van der Waals surface area contributed by atoms with Crippen LogP contribution < -0.4 is 0 Å². The summed E-state index contributed by atoms with van der Waals surface area (Å²) in [6, 6.07) is 0. The van der Waals surface area contributed by atoms with E-state index in [4.69, 9.17) is 4.74 Å². The lowest BCUT2D eigenvalue weighted by Crippen LogP contribution is -2.12. The highest BCUT2D eigenvalue weighted by atomic mass is 16.5. The molecule has 15 heavy (non-hydrogen) atoms. The minimum Gasteiger partial charge on any atom is -0.462 e. The summed E-state index contributed by atoms with van der Waals surface area (Å²) < 4.78 is 6.57. The van der Waals surface area contributed by atoms with E-state index in [1.807, 2.05) is 0 Å². The third-order valence-electron chi connectivity index (χ3n) is 2.18. The molecule has 0 aliphatic carbocycles. The highest BCUT2D eigenvalue weighted by Gasteiger charge is 2.22. The Bertz CT molecular complexity index is 404. The van der Waals surface area contributed by atoms with Gasteiger partial charge in [-0.1, -0.05) is 0 Å². The Morgan fingerprint density at radius 3 is 2.53 bits per heavy atom. The predicted octanol–water partition coefficient (Wildman–Crippen LogP) is 1.71. The molecule has 4 heteroatoms. The predicted molar refractivity (Wildman–Crippen MR) is 56.1 cm³/mol. The highest BCUT2D eigenvalue weighted by Crippen LogP contribution is 2.17. The maximum Gasteiger partial charge on any atom is 0.340 e. The molecule has 1 aromatic rings. The average Bonchev–Trinajstić information content (AvgIpc) is 2.41. The third-order valence-corrected chi connectivity index (χ3v) is 2.18. The summed E-state index contributed by atoms with van der Waals surface area (Å²) >= 11 is 0. The number of ketones is 1. The number of nitrogens with zero attached hydrogens (tertiary/aromatic N) is 1. The lowest BCUT2D eigenvalue weighted by Gasteiger charge is -2.04. The van der Waals surface area contributed by atoms with E-state index in [0.29, 0.717) is 17.9 Å². The molecule has 0 aliphatic rings.